The van der Waals surface area contributed by atoms with Crippen molar-refractivity contribution in [3.8, 4) is 0 Å². The molecule has 2 aliphatic rings. The van der Waals surface area contributed by atoms with Crippen molar-refractivity contribution in [1.82, 2.24) is 9.88 Å². The van der Waals surface area contributed by atoms with Gasteiger partial charge in [0.1, 0.15) is 0 Å². The molecular weight excluding hydrogens is 312 g/mol. The standard InChI is InChI=1S/C17H21BrN2/c1-11-15(18)14-9-13(17(5-6-17)10-19-2)8-12-4-3-7-20(11)16(12)14/h8-9,19H,3-7,10H2,1-2H3. The summed E-state index contributed by atoms with van der Waals surface area (Å²) in [6, 6.07) is 4.94. The smallest absolute Gasteiger partial charge is 0.0526 e. The molecular formula is C17H21BrN2. The quantitative estimate of drug-likeness (QED) is 0.901. The summed E-state index contributed by atoms with van der Waals surface area (Å²) in [7, 11) is 2.07. The molecule has 1 fully saturated rings. The first-order chi connectivity index (χ1) is 9.66. The van der Waals surface area contributed by atoms with Gasteiger partial charge in [-0.2, -0.15) is 0 Å². The molecule has 0 unspecified atom stereocenters. The highest BCUT2D eigenvalue weighted by atomic mass is 79.9. The molecule has 1 N–H and O–H groups in total. The summed E-state index contributed by atoms with van der Waals surface area (Å²) >= 11 is 3.83. The third-order valence-corrected chi connectivity index (χ3v) is 6.23. The van der Waals surface area contributed by atoms with Crippen molar-refractivity contribution in [3.05, 3.63) is 33.4 Å². The largest absolute Gasteiger partial charge is 0.343 e. The highest BCUT2D eigenvalue weighted by Gasteiger charge is 2.44. The fraction of sp³-hybridized carbons (Fsp3) is 0.529. The van der Waals surface area contributed by atoms with Gasteiger partial charge in [0.25, 0.3) is 0 Å². The van der Waals surface area contributed by atoms with E-state index in [-0.39, 0.29) is 0 Å². The van der Waals surface area contributed by atoms with Crippen LogP contribution in [0.4, 0.5) is 0 Å². The maximum Gasteiger partial charge on any atom is 0.0526 e. The van der Waals surface area contributed by atoms with Gasteiger partial charge in [-0.25, -0.2) is 0 Å². The van der Waals surface area contributed by atoms with Crippen LogP contribution in [0.3, 0.4) is 0 Å². The van der Waals surface area contributed by atoms with E-state index in [1.807, 2.05) is 0 Å². The van der Waals surface area contributed by atoms with E-state index < -0.39 is 0 Å². The van der Waals surface area contributed by atoms with Gasteiger partial charge >= 0.3 is 0 Å². The second-order valence-electron chi connectivity index (χ2n) is 6.50. The Morgan fingerprint density at radius 1 is 1.35 bits per heavy atom. The molecule has 1 aliphatic heterocycles. The number of rotatable bonds is 3. The van der Waals surface area contributed by atoms with Crippen LogP contribution in [-0.2, 0) is 18.4 Å². The van der Waals surface area contributed by atoms with Crippen molar-refractivity contribution in [2.24, 2.45) is 0 Å². The Morgan fingerprint density at radius 2 is 2.15 bits per heavy atom. The summed E-state index contributed by atoms with van der Waals surface area (Å²) in [5, 5.41) is 4.81. The highest BCUT2D eigenvalue weighted by molar-refractivity contribution is 9.10. The van der Waals surface area contributed by atoms with Gasteiger partial charge in [-0.1, -0.05) is 6.07 Å². The first-order valence-corrected chi connectivity index (χ1v) is 8.42. The van der Waals surface area contributed by atoms with Gasteiger partial charge in [-0.3, -0.25) is 0 Å². The van der Waals surface area contributed by atoms with Crippen LogP contribution in [0.5, 0.6) is 0 Å². The number of aromatic nitrogens is 1. The van der Waals surface area contributed by atoms with Crippen LogP contribution in [-0.4, -0.2) is 18.2 Å². The third-order valence-electron chi connectivity index (χ3n) is 5.23. The Hall–Kier alpha value is -0.800. The Bertz CT molecular complexity index is 695. The predicted octanol–water partition coefficient (Wildman–Crippen LogP) is 3.91. The van der Waals surface area contributed by atoms with Crippen molar-refractivity contribution < 1.29 is 0 Å². The summed E-state index contributed by atoms with van der Waals surface area (Å²) < 4.78 is 3.80. The van der Waals surface area contributed by atoms with Crippen LogP contribution < -0.4 is 5.32 Å². The van der Waals surface area contributed by atoms with E-state index >= 15 is 0 Å². The molecule has 0 amide bonds. The average Bonchev–Trinajstić information content (AvgIpc) is 3.20. The summed E-state index contributed by atoms with van der Waals surface area (Å²) in [4.78, 5) is 0. The topological polar surface area (TPSA) is 17.0 Å². The van der Waals surface area contributed by atoms with E-state index in [2.05, 4.69) is 51.9 Å². The number of nitrogens with one attached hydrogen (secondary N) is 1. The molecule has 1 aliphatic carbocycles. The van der Waals surface area contributed by atoms with Gasteiger partial charge in [0, 0.05) is 34.1 Å². The first-order valence-electron chi connectivity index (χ1n) is 7.62. The van der Waals surface area contributed by atoms with Gasteiger partial charge in [0.05, 0.1) is 5.52 Å². The lowest BCUT2D eigenvalue weighted by Crippen LogP contribution is -2.23. The molecule has 2 aromatic rings. The second-order valence-corrected chi connectivity index (χ2v) is 7.29. The van der Waals surface area contributed by atoms with Crippen LogP contribution in [0.2, 0.25) is 0 Å². The number of hydrogen-bond acceptors (Lipinski definition) is 1. The maximum absolute atomic E-state index is 3.83. The van der Waals surface area contributed by atoms with Crippen molar-refractivity contribution >= 4 is 26.8 Å². The van der Waals surface area contributed by atoms with Gasteiger partial charge in [0.2, 0.25) is 0 Å². The molecule has 1 aromatic heterocycles. The fourth-order valence-corrected chi connectivity index (χ4v) is 4.44. The van der Waals surface area contributed by atoms with E-state index in [9.17, 15) is 0 Å². The lowest BCUT2D eigenvalue weighted by molar-refractivity contribution is 0.611. The Labute approximate surface area is 128 Å². The first kappa shape index (κ1) is 12.9. The van der Waals surface area contributed by atoms with E-state index in [0.717, 1.165) is 6.54 Å². The van der Waals surface area contributed by atoms with Crippen LogP contribution in [0.15, 0.2) is 16.6 Å². The summed E-state index contributed by atoms with van der Waals surface area (Å²) in [6.45, 7) is 4.51. The van der Waals surface area contributed by atoms with Crippen LogP contribution in [0, 0.1) is 6.92 Å². The molecule has 4 rings (SSSR count). The number of halogens is 1. The van der Waals surface area contributed by atoms with Crippen LogP contribution >= 0.6 is 15.9 Å². The van der Waals surface area contributed by atoms with Crippen LogP contribution in [0.1, 0.15) is 36.1 Å². The number of aryl methyl sites for hydroxylation is 2. The van der Waals surface area contributed by atoms with Crippen molar-refractivity contribution in [2.75, 3.05) is 13.6 Å². The molecule has 1 aromatic carbocycles. The zero-order valence-electron chi connectivity index (χ0n) is 12.2. The second kappa shape index (κ2) is 4.35. The molecule has 3 heteroatoms. The molecule has 2 nitrogen and oxygen atoms in total. The SMILES string of the molecule is CNCC1(c2cc3c4c(c2)c(Br)c(C)n4CCC3)CC1. The molecule has 0 radical (unpaired) electrons. The van der Waals surface area contributed by atoms with Crippen molar-refractivity contribution in [2.45, 2.75) is 44.6 Å². The zero-order valence-corrected chi connectivity index (χ0v) is 13.8. The minimum atomic E-state index is 0.409. The molecule has 2 heterocycles. The molecule has 1 saturated carbocycles. The van der Waals surface area contributed by atoms with Crippen LogP contribution in [0.25, 0.3) is 10.9 Å². The summed E-state index contributed by atoms with van der Waals surface area (Å²) in [5.41, 5.74) is 6.38. The van der Waals surface area contributed by atoms with Gasteiger partial charge in [0.15, 0.2) is 0 Å². The number of benzene rings is 1. The number of likely N-dealkylation sites (N-methyl/N-ethyl adjacent to an activating group) is 1. The molecule has 0 spiro atoms. The van der Waals surface area contributed by atoms with E-state index in [1.165, 1.54) is 53.3 Å². The van der Waals surface area contributed by atoms with E-state index in [1.54, 1.807) is 11.1 Å². The monoisotopic (exact) mass is 332 g/mol. The van der Waals surface area contributed by atoms with Gasteiger partial charge < -0.3 is 9.88 Å². The Kier molecular flexibility index (Phi) is 2.80. The van der Waals surface area contributed by atoms with Crippen molar-refractivity contribution in [1.29, 1.82) is 0 Å². The van der Waals surface area contributed by atoms with E-state index in [0.29, 0.717) is 5.41 Å². The van der Waals surface area contributed by atoms with Crippen molar-refractivity contribution in [3.63, 3.8) is 0 Å². The lowest BCUT2D eigenvalue weighted by atomic mass is 9.91. The molecule has 20 heavy (non-hydrogen) atoms. The van der Waals surface area contributed by atoms with Gasteiger partial charge in [-0.05, 0) is 72.8 Å². The molecule has 0 atom stereocenters. The number of nitrogens with zero attached hydrogens (tertiary/aromatic N) is 1. The zero-order chi connectivity index (χ0) is 13.9. The average molecular weight is 333 g/mol. The third kappa shape index (κ3) is 1.66. The summed E-state index contributed by atoms with van der Waals surface area (Å²) in [6.07, 6.45) is 5.16. The molecule has 106 valence electrons. The Morgan fingerprint density at radius 3 is 2.85 bits per heavy atom. The highest BCUT2D eigenvalue weighted by Crippen LogP contribution is 2.50. The van der Waals surface area contributed by atoms with Gasteiger partial charge in [-0.15, -0.1) is 0 Å². The minimum absolute atomic E-state index is 0.409. The number of hydrogen-bond donors (Lipinski definition) is 1. The molecule has 0 saturated heterocycles. The lowest BCUT2D eigenvalue weighted by Gasteiger charge is -2.21. The van der Waals surface area contributed by atoms with E-state index in [4.69, 9.17) is 0 Å². The predicted molar refractivity (Wildman–Crippen MR) is 87.5 cm³/mol. The minimum Gasteiger partial charge on any atom is -0.343 e. The molecule has 0 bridgehead atoms. The summed E-state index contributed by atoms with van der Waals surface area (Å²) in [5.74, 6) is 0. The maximum atomic E-state index is 3.83. The Balaban J connectivity index is 1.97. The normalized spacial score (nSPS) is 19.6. The fourth-order valence-electron chi connectivity index (χ4n) is 3.92.